The van der Waals surface area contributed by atoms with Crippen LogP contribution in [0.1, 0.15) is 26.7 Å². The highest BCUT2D eigenvalue weighted by atomic mass is 31.2. The Kier molecular flexibility index (Phi) is 5.15. The Morgan fingerprint density at radius 3 is 2.07 bits per heavy atom. The van der Waals surface area contributed by atoms with Crippen LogP contribution in [0.4, 0.5) is 0 Å². The first-order valence-corrected chi connectivity index (χ1v) is 7.50. The smallest absolute Gasteiger partial charge is 0.368 e. The zero-order valence-corrected chi connectivity index (χ0v) is 10.3. The third-order valence-corrected chi connectivity index (χ3v) is 6.10. The van der Waals surface area contributed by atoms with E-state index < -0.39 is 20.3 Å². The number of unbranched alkanes of at least 4 members (excludes halogenated alkanes) is 1. The summed E-state index contributed by atoms with van der Waals surface area (Å²) in [5.74, 6) is 0. The molecule has 4 N–H and O–H groups in total. The third-order valence-electron chi connectivity index (χ3n) is 1.85. The van der Waals surface area contributed by atoms with Crippen LogP contribution < -0.4 is 0 Å². The van der Waals surface area contributed by atoms with Crippen molar-refractivity contribution in [2.45, 2.75) is 31.8 Å². The Labute approximate surface area is 87.8 Å². The van der Waals surface area contributed by atoms with Gasteiger partial charge in [0.15, 0.2) is 0 Å². The van der Waals surface area contributed by atoms with Gasteiger partial charge in [-0.1, -0.05) is 13.3 Å². The summed E-state index contributed by atoms with van der Waals surface area (Å²) >= 11 is 0. The molecule has 9 heteroatoms. The van der Waals surface area contributed by atoms with Crippen molar-refractivity contribution in [1.29, 1.82) is 0 Å². The Hall–Kier alpha value is 0.260. The molecule has 15 heavy (non-hydrogen) atoms. The van der Waals surface area contributed by atoms with Gasteiger partial charge in [0, 0.05) is 0 Å². The van der Waals surface area contributed by atoms with Crippen LogP contribution in [0.5, 0.6) is 0 Å². The fourth-order valence-corrected chi connectivity index (χ4v) is 2.73. The van der Waals surface area contributed by atoms with E-state index in [1.807, 2.05) is 6.92 Å². The van der Waals surface area contributed by atoms with Gasteiger partial charge in [0.25, 0.3) is 5.08 Å². The topological polar surface area (TPSA) is 124 Å². The molecule has 0 aliphatic carbocycles. The first-order valence-electron chi connectivity index (χ1n) is 4.31. The molecule has 0 rings (SSSR count). The van der Waals surface area contributed by atoms with Gasteiger partial charge in [0.1, 0.15) is 0 Å². The molecule has 7 nitrogen and oxygen atoms in total. The van der Waals surface area contributed by atoms with E-state index in [1.54, 1.807) is 0 Å². The summed E-state index contributed by atoms with van der Waals surface area (Å²) in [4.78, 5) is 26.6. The molecule has 92 valence electrons. The SMILES string of the molecule is CCCCOP(=O)(O)C(C)(O)P(=O)(O)O. The van der Waals surface area contributed by atoms with Crippen molar-refractivity contribution in [2.75, 3.05) is 6.61 Å². The van der Waals surface area contributed by atoms with Gasteiger partial charge >= 0.3 is 15.2 Å². The molecular formula is C6H16O7P2. The lowest BCUT2D eigenvalue weighted by Crippen LogP contribution is -2.25. The van der Waals surface area contributed by atoms with Crippen LogP contribution in [0.3, 0.4) is 0 Å². The number of hydrogen-bond donors (Lipinski definition) is 4. The molecule has 0 aromatic carbocycles. The molecule has 2 unspecified atom stereocenters. The Morgan fingerprint density at radius 2 is 1.73 bits per heavy atom. The zero-order valence-electron chi connectivity index (χ0n) is 8.53. The molecule has 0 amide bonds. The minimum Gasteiger partial charge on any atom is -0.368 e. The van der Waals surface area contributed by atoms with Crippen LogP contribution in [-0.4, -0.2) is 31.5 Å². The normalized spacial score (nSPS) is 20.7. The molecule has 0 bridgehead atoms. The lowest BCUT2D eigenvalue weighted by atomic mass is 10.4. The maximum absolute atomic E-state index is 11.3. The van der Waals surface area contributed by atoms with Crippen molar-refractivity contribution in [3.05, 3.63) is 0 Å². The van der Waals surface area contributed by atoms with Crippen LogP contribution >= 0.6 is 15.2 Å². The second kappa shape index (κ2) is 5.06. The van der Waals surface area contributed by atoms with E-state index in [9.17, 15) is 19.1 Å². The van der Waals surface area contributed by atoms with Crippen molar-refractivity contribution >= 4 is 15.2 Å². The molecule has 0 aliphatic rings. The van der Waals surface area contributed by atoms with Gasteiger partial charge in [-0.15, -0.1) is 0 Å². The van der Waals surface area contributed by atoms with Crippen LogP contribution in [0.25, 0.3) is 0 Å². The monoisotopic (exact) mass is 262 g/mol. The minimum absolute atomic E-state index is 0.138. The first-order chi connectivity index (χ1) is 6.56. The fraction of sp³-hybridized carbons (Fsp3) is 1.00. The van der Waals surface area contributed by atoms with Crippen molar-refractivity contribution in [3.8, 4) is 0 Å². The maximum atomic E-state index is 11.3. The molecule has 0 heterocycles. The average molecular weight is 262 g/mol. The van der Waals surface area contributed by atoms with Crippen LogP contribution in [0.15, 0.2) is 0 Å². The first kappa shape index (κ1) is 15.3. The summed E-state index contributed by atoms with van der Waals surface area (Å²) in [7, 11) is -9.88. The lowest BCUT2D eigenvalue weighted by molar-refractivity contribution is 0.127. The molecule has 0 spiro atoms. The van der Waals surface area contributed by atoms with Crippen molar-refractivity contribution in [1.82, 2.24) is 0 Å². The van der Waals surface area contributed by atoms with E-state index in [0.29, 0.717) is 19.8 Å². The third kappa shape index (κ3) is 3.64. The maximum Gasteiger partial charge on any atom is 0.371 e. The summed E-state index contributed by atoms with van der Waals surface area (Å²) in [5, 5.41) is 6.22. The molecule has 0 radical (unpaired) electrons. The summed E-state index contributed by atoms with van der Waals surface area (Å²) in [6.07, 6.45) is 1.15. The minimum atomic E-state index is -5.12. The second-order valence-corrected chi connectivity index (χ2v) is 7.70. The van der Waals surface area contributed by atoms with E-state index in [0.717, 1.165) is 0 Å². The highest BCUT2D eigenvalue weighted by Gasteiger charge is 2.56. The average Bonchev–Trinajstić information content (AvgIpc) is 2.02. The van der Waals surface area contributed by atoms with Gasteiger partial charge in [-0.05, 0) is 13.3 Å². The largest absolute Gasteiger partial charge is 0.371 e. The van der Waals surface area contributed by atoms with Crippen molar-refractivity contribution in [3.63, 3.8) is 0 Å². The standard InChI is InChI=1S/C6H16O7P2/c1-3-4-5-13-15(11,12)6(2,7)14(8,9)10/h7H,3-5H2,1-2H3,(H,11,12)(H2,8,9,10). The van der Waals surface area contributed by atoms with Crippen LogP contribution in [-0.2, 0) is 13.7 Å². The van der Waals surface area contributed by atoms with Gasteiger partial charge in [-0.3, -0.25) is 9.13 Å². The molecular weight excluding hydrogens is 246 g/mol. The quantitative estimate of drug-likeness (QED) is 0.412. The van der Waals surface area contributed by atoms with Gasteiger partial charge in [0.05, 0.1) is 6.61 Å². The molecule has 0 saturated carbocycles. The molecule has 0 aliphatic heterocycles. The molecule has 2 atom stereocenters. The second-order valence-electron chi connectivity index (χ2n) is 3.22. The van der Waals surface area contributed by atoms with Crippen molar-refractivity contribution < 1.29 is 33.4 Å². The summed E-state index contributed by atoms with van der Waals surface area (Å²) < 4.78 is 26.5. The molecule has 0 fully saturated rings. The number of aliphatic hydroxyl groups is 1. The number of hydrogen-bond acceptors (Lipinski definition) is 4. The van der Waals surface area contributed by atoms with E-state index >= 15 is 0 Å². The Bertz CT molecular complexity index is 294. The van der Waals surface area contributed by atoms with Crippen molar-refractivity contribution in [2.24, 2.45) is 0 Å². The number of rotatable bonds is 6. The summed E-state index contributed by atoms with van der Waals surface area (Å²) in [5.41, 5.74) is 0. The Morgan fingerprint density at radius 1 is 1.27 bits per heavy atom. The highest BCUT2D eigenvalue weighted by Crippen LogP contribution is 2.69. The Balaban J connectivity index is 4.72. The molecule has 0 aromatic rings. The van der Waals surface area contributed by atoms with E-state index in [1.165, 1.54) is 0 Å². The summed E-state index contributed by atoms with van der Waals surface area (Å²) in [6.45, 7) is 2.26. The molecule has 0 saturated heterocycles. The zero-order chi connectivity index (χ0) is 12.3. The predicted molar refractivity (Wildman–Crippen MR) is 53.4 cm³/mol. The highest BCUT2D eigenvalue weighted by molar-refractivity contribution is 7.72. The van der Waals surface area contributed by atoms with Gasteiger partial charge < -0.3 is 24.3 Å². The fourth-order valence-electron chi connectivity index (χ4n) is 0.620. The molecule has 0 aromatic heterocycles. The van der Waals surface area contributed by atoms with Crippen LogP contribution in [0, 0.1) is 0 Å². The van der Waals surface area contributed by atoms with E-state index in [-0.39, 0.29) is 6.61 Å². The predicted octanol–water partition coefficient (Wildman–Crippen LogP) is 0.832. The van der Waals surface area contributed by atoms with E-state index in [2.05, 4.69) is 4.52 Å². The lowest BCUT2D eigenvalue weighted by Gasteiger charge is -2.28. The summed E-state index contributed by atoms with van der Waals surface area (Å²) in [6, 6.07) is 0. The van der Waals surface area contributed by atoms with Crippen LogP contribution in [0.2, 0.25) is 0 Å². The van der Waals surface area contributed by atoms with Gasteiger partial charge in [-0.25, -0.2) is 0 Å². The van der Waals surface area contributed by atoms with Gasteiger partial charge in [0.2, 0.25) is 0 Å². The van der Waals surface area contributed by atoms with Gasteiger partial charge in [-0.2, -0.15) is 0 Å². The van der Waals surface area contributed by atoms with E-state index in [4.69, 9.17) is 9.79 Å².